The van der Waals surface area contributed by atoms with Crippen molar-refractivity contribution in [2.24, 2.45) is 0 Å². The number of benzene rings is 1. The van der Waals surface area contributed by atoms with Gasteiger partial charge in [-0.15, -0.1) is 0 Å². The van der Waals surface area contributed by atoms with Gasteiger partial charge < -0.3 is 15.4 Å². The van der Waals surface area contributed by atoms with Gasteiger partial charge in [-0.2, -0.15) is 0 Å². The number of nitrogens with one attached hydrogen (secondary N) is 2. The standard InChI is InChI=1S/C15H23N3O4S/c1-3-23(20,21)18-10-8-13(9-11-18)17-15(19)16-12-4-6-14(22-2)7-5-12/h4-7,13H,3,8-11H2,1-2H3,(H2,16,17,19). The second-order valence-corrected chi connectivity index (χ2v) is 7.66. The van der Waals surface area contributed by atoms with E-state index in [4.69, 9.17) is 4.74 Å². The molecule has 1 aliphatic rings. The van der Waals surface area contributed by atoms with Gasteiger partial charge in [0.15, 0.2) is 0 Å². The zero-order valence-electron chi connectivity index (χ0n) is 13.4. The lowest BCUT2D eigenvalue weighted by atomic mass is 10.1. The molecule has 2 N–H and O–H groups in total. The molecule has 1 aliphatic heterocycles. The van der Waals surface area contributed by atoms with Gasteiger partial charge in [0.05, 0.1) is 12.9 Å². The maximum atomic E-state index is 12.0. The second-order valence-electron chi connectivity index (χ2n) is 5.40. The van der Waals surface area contributed by atoms with Crippen LogP contribution in [0.2, 0.25) is 0 Å². The quantitative estimate of drug-likeness (QED) is 0.852. The highest BCUT2D eigenvalue weighted by Gasteiger charge is 2.27. The Morgan fingerprint density at radius 3 is 2.39 bits per heavy atom. The maximum absolute atomic E-state index is 12.0. The first-order valence-corrected chi connectivity index (χ1v) is 9.25. The fourth-order valence-electron chi connectivity index (χ4n) is 2.49. The molecule has 1 heterocycles. The third-order valence-corrected chi connectivity index (χ3v) is 5.78. The Labute approximate surface area is 137 Å². The highest BCUT2D eigenvalue weighted by atomic mass is 32.2. The molecule has 2 amide bonds. The summed E-state index contributed by atoms with van der Waals surface area (Å²) in [6.45, 7) is 2.54. The molecule has 0 aliphatic carbocycles. The summed E-state index contributed by atoms with van der Waals surface area (Å²) in [5.74, 6) is 0.837. The molecule has 2 rings (SSSR count). The number of carbonyl (C=O) groups excluding carboxylic acids is 1. The molecule has 8 heteroatoms. The predicted octanol–water partition coefficient (Wildman–Crippen LogP) is 1.63. The van der Waals surface area contributed by atoms with Gasteiger partial charge in [0, 0.05) is 24.8 Å². The lowest BCUT2D eigenvalue weighted by Crippen LogP contribution is -2.47. The van der Waals surface area contributed by atoms with E-state index in [9.17, 15) is 13.2 Å². The molecule has 128 valence electrons. The zero-order chi connectivity index (χ0) is 16.9. The molecule has 0 unspecified atom stereocenters. The van der Waals surface area contributed by atoms with E-state index in [0.29, 0.717) is 31.6 Å². The molecule has 0 saturated carbocycles. The number of carbonyl (C=O) groups is 1. The van der Waals surface area contributed by atoms with E-state index in [-0.39, 0.29) is 17.8 Å². The van der Waals surface area contributed by atoms with Gasteiger partial charge in [-0.1, -0.05) is 0 Å². The van der Waals surface area contributed by atoms with E-state index < -0.39 is 10.0 Å². The number of hydrogen-bond donors (Lipinski definition) is 2. The molecule has 1 fully saturated rings. The summed E-state index contributed by atoms with van der Waals surface area (Å²) >= 11 is 0. The number of piperidine rings is 1. The van der Waals surface area contributed by atoms with Crippen molar-refractivity contribution >= 4 is 21.7 Å². The second kappa shape index (κ2) is 7.65. The zero-order valence-corrected chi connectivity index (χ0v) is 14.2. The van der Waals surface area contributed by atoms with Crippen LogP contribution in [0.25, 0.3) is 0 Å². The molecular weight excluding hydrogens is 318 g/mol. The van der Waals surface area contributed by atoms with Crippen LogP contribution in [0.4, 0.5) is 10.5 Å². The van der Waals surface area contributed by atoms with Crippen molar-refractivity contribution in [3.8, 4) is 5.75 Å². The minimum absolute atomic E-state index is 0.0171. The molecule has 0 spiro atoms. The first-order valence-electron chi connectivity index (χ1n) is 7.64. The summed E-state index contributed by atoms with van der Waals surface area (Å²) in [5.41, 5.74) is 0.675. The van der Waals surface area contributed by atoms with Gasteiger partial charge in [-0.3, -0.25) is 0 Å². The molecule has 0 atom stereocenters. The Morgan fingerprint density at radius 1 is 1.26 bits per heavy atom. The predicted molar refractivity (Wildman–Crippen MR) is 89.2 cm³/mol. The monoisotopic (exact) mass is 341 g/mol. The van der Waals surface area contributed by atoms with E-state index in [1.165, 1.54) is 4.31 Å². The number of urea groups is 1. The Balaban J connectivity index is 1.80. The average Bonchev–Trinajstić information content (AvgIpc) is 2.56. The first-order chi connectivity index (χ1) is 10.9. The number of amides is 2. The van der Waals surface area contributed by atoms with E-state index in [1.54, 1.807) is 38.3 Å². The summed E-state index contributed by atoms with van der Waals surface area (Å²) < 4.78 is 30.1. The van der Waals surface area contributed by atoms with Crippen LogP contribution in [0.5, 0.6) is 5.75 Å². The Morgan fingerprint density at radius 2 is 1.87 bits per heavy atom. The highest BCUT2D eigenvalue weighted by molar-refractivity contribution is 7.89. The van der Waals surface area contributed by atoms with Gasteiger partial charge in [0.2, 0.25) is 10.0 Å². The van der Waals surface area contributed by atoms with Crippen molar-refractivity contribution in [2.45, 2.75) is 25.8 Å². The first kappa shape index (κ1) is 17.6. The van der Waals surface area contributed by atoms with Crippen molar-refractivity contribution < 1.29 is 17.9 Å². The van der Waals surface area contributed by atoms with Crippen LogP contribution in [-0.4, -0.2) is 50.7 Å². The van der Waals surface area contributed by atoms with Gasteiger partial charge in [-0.25, -0.2) is 17.5 Å². The molecule has 1 aromatic carbocycles. The van der Waals surface area contributed by atoms with Crippen LogP contribution in [0.3, 0.4) is 0 Å². The lowest BCUT2D eigenvalue weighted by molar-refractivity contribution is 0.238. The topological polar surface area (TPSA) is 87.7 Å². The molecule has 7 nitrogen and oxygen atoms in total. The summed E-state index contributed by atoms with van der Waals surface area (Å²) in [7, 11) is -1.55. The molecule has 23 heavy (non-hydrogen) atoms. The van der Waals surface area contributed by atoms with Crippen LogP contribution in [-0.2, 0) is 10.0 Å². The number of sulfonamides is 1. The van der Waals surface area contributed by atoms with E-state index in [0.717, 1.165) is 5.75 Å². The Kier molecular flexibility index (Phi) is 5.84. The van der Waals surface area contributed by atoms with E-state index in [1.807, 2.05) is 0 Å². The van der Waals surface area contributed by atoms with Crippen molar-refractivity contribution in [1.29, 1.82) is 0 Å². The number of ether oxygens (including phenoxy) is 1. The molecule has 1 aromatic rings. The molecule has 0 aromatic heterocycles. The van der Waals surface area contributed by atoms with Gasteiger partial charge in [0.1, 0.15) is 5.75 Å². The van der Waals surface area contributed by atoms with E-state index in [2.05, 4.69) is 10.6 Å². The van der Waals surface area contributed by atoms with Crippen LogP contribution in [0, 0.1) is 0 Å². The van der Waals surface area contributed by atoms with Crippen LogP contribution >= 0.6 is 0 Å². The molecular formula is C15H23N3O4S. The largest absolute Gasteiger partial charge is 0.497 e. The highest BCUT2D eigenvalue weighted by Crippen LogP contribution is 2.16. The van der Waals surface area contributed by atoms with Crippen LogP contribution < -0.4 is 15.4 Å². The van der Waals surface area contributed by atoms with Gasteiger partial charge >= 0.3 is 6.03 Å². The Hall–Kier alpha value is -1.80. The van der Waals surface area contributed by atoms with Crippen LogP contribution in [0.15, 0.2) is 24.3 Å². The summed E-state index contributed by atoms with van der Waals surface area (Å²) in [6, 6.07) is 6.75. The molecule has 0 radical (unpaired) electrons. The SMILES string of the molecule is CCS(=O)(=O)N1CCC(NC(=O)Nc2ccc(OC)cc2)CC1. The van der Waals surface area contributed by atoms with Crippen molar-refractivity contribution in [2.75, 3.05) is 31.3 Å². The molecule has 0 bridgehead atoms. The number of rotatable bonds is 5. The normalized spacial score (nSPS) is 16.8. The summed E-state index contributed by atoms with van der Waals surface area (Å²) in [6.07, 6.45) is 1.24. The van der Waals surface area contributed by atoms with Gasteiger partial charge in [0.25, 0.3) is 0 Å². The third-order valence-electron chi connectivity index (χ3n) is 3.90. The molecule has 1 saturated heterocycles. The number of anilines is 1. The minimum Gasteiger partial charge on any atom is -0.497 e. The van der Waals surface area contributed by atoms with Gasteiger partial charge in [-0.05, 0) is 44.0 Å². The Bertz CT molecular complexity index is 623. The van der Waals surface area contributed by atoms with Crippen LogP contribution in [0.1, 0.15) is 19.8 Å². The lowest BCUT2D eigenvalue weighted by Gasteiger charge is -2.31. The fraction of sp³-hybridized carbons (Fsp3) is 0.533. The fourth-order valence-corrected chi connectivity index (χ4v) is 3.62. The van der Waals surface area contributed by atoms with Crippen molar-refractivity contribution in [3.63, 3.8) is 0 Å². The number of hydrogen-bond acceptors (Lipinski definition) is 4. The van der Waals surface area contributed by atoms with Crippen molar-refractivity contribution in [1.82, 2.24) is 9.62 Å². The smallest absolute Gasteiger partial charge is 0.319 e. The summed E-state index contributed by atoms with van der Waals surface area (Å²) in [5, 5.41) is 5.64. The van der Waals surface area contributed by atoms with Crippen molar-refractivity contribution in [3.05, 3.63) is 24.3 Å². The third kappa shape index (κ3) is 4.84. The van der Waals surface area contributed by atoms with E-state index >= 15 is 0 Å². The number of methoxy groups -OCH3 is 1. The number of nitrogens with zero attached hydrogens (tertiary/aromatic N) is 1. The maximum Gasteiger partial charge on any atom is 0.319 e. The minimum atomic E-state index is -3.14. The average molecular weight is 341 g/mol. The summed E-state index contributed by atoms with van der Waals surface area (Å²) in [4.78, 5) is 12.0.